The lowest BCUT2D eigenvalue weighted by molar-refractivity contribution is -0.138. The summed E-state index contributed by atoms with van der Waals surface area (Å²) < 4.78 is 0. The maximum Gasteiger partial charge on any atom is 0.328 e. The molecule has 1 heterocycles. The first-order valence-corrected chi connectivity index (χ1v) is 4.99. The quantitative estimate of drug-likeness (QED) is 0.786. The summed E-state index contributed by atoms with van der Waals surface area (Å²) in [4.78, 5) is 23.6. The van der Waals surface area contributed by atoms with Gasteiger partial charge in [0.2, 0.25) is 0 Å². The normalized spacial score (nSPS) is 19.6. The Hall–Kier alpha value is -2.04. The first-order valence-electron chi connectivity index (χ1n) is 4.99. The van der Waals surface area contributed by atoms with Crippen molar-refractivity contribution in [2.24, 2.45) is 0 Å². The van der Waals surface area contributed by atoms with E-state index in [9.17, 15) is 9.59 Å². The Labute approximate surface area is 92.7 Å². The molecule has 1 aromatic carbocycles. The van der Waals surface area contributed by atoms with E-state index in [1.807, 2.05) is 30.3 Å². The minimum Gasteiger partial charge on any atom is -0.480 e. The SMILES string of the molecule is O=C(O)C1CN(Cc2ccccc2)C(=O)N1. The van der Waals surface area contributed by atoms with Crippen LogP contribution in [0.1, 0.15) is 5.56 Å². The predicted molar refractivity (Wildman–Crippen MR) is 56.8 cm³/mol. The summed E-state index contributed by atoms with van der Waals surface area (Å²) >= 11 is 0. The molecule has 1 atom stereocenters. The molecule has 2 amide bonds. The number of benzene rings is 1. The molecular formula is C11H12N2O3. The fourth-order valence-electron chi connectivity index (χ4n) is 1.67. The minimum atomic E-state index is -0.996. The highest BCUT2D eigenvalue weighted by Gasteiger charge is 2.33. The maximum atomic E-state index is 11.4. The zero-order valence-electron chi connectivity index (χ0n) is 8.59. The lowest BCUT2D eigenvalue weighted by atomic mass is 10.2. The molecule has 16 heavy (non-hydrogen) atoms. The van der Waals surface area contributed by atoms with E-state index >= 15 is 0 Å². The van der Waals surface area contributed by atoms with E-state index in [0.717, 1.165) is 5.56 Å². The van der Waals surface area contributed by atoms with Crippen molar-refractivity contribution in [1.29, 1.82) is 0 Å². The highest BCUT2D eigenvalue weighted by Crippen LogP contribution is 2.10. The third kappa shape index (κ3) is 2.13. The minimum absolute atomic E-state index is 0.211. The van der Waals surface area contributed by atoms with Gasteiger partial charge in [-0.3, -0.25) is 0 Å². The monoisotopic (exact) mass is 220 g/mol. The summed E-state index contributed by atoms with van der Waals surface area (Å²) in [6, 6.07) is 8.36. The Morgan fingerprint density at radius 1 is 1.44 bits per heavy atom. The van der Waals surface area contributed by atoms with Gasteiger partial charge in [0.15, 0.2) is 0 Å². The van der Waals surface area contributed by atoms with Crippen molar-refractivity contribution in [3.8, 4) is 0 Å². The molecule has 0 aromatic heterocycles. The van der Waals surface area contributed by atoms with E-state index in [-0.39, 0.29) is 12.6 Å². The zero-order valence-corrected chi connectivity index (χ0v) is 8.59. The number of hydrogen-bond donors (Lipinski definition) is 2. The average molecular weight is 220 g/mol. The Balaban J connectivity index is 2.02. The molecule has 1 saturated heterocycles. The van der Waals surface area contributed by atoms with Crippen LogP contribution in [0.15, 0.2) is 30.3 Å². The van der Waals surface area contributed by atoms with Crippen molar-refractivity contribution >= 4 is 12.0 Å². The van der Waals surface area contributed by atoms with Crippen LogP contribution in [0.5, 0.6) is 0 Å². The topological polar surface area (TPSA) is 69.6 Å². The molecule has 0 aliphatic carbocycles. The lowest BCUT2D eigenvalue weighted by Gasteiger charge is -2.13. The summed E-state index contributed by atoms with van der Waals surface area (Å²) in [6.45, 7) is 0.652. The molecule has 2 N–H and O–H groups in total. The standard InChI is InChI=1S/C11H12N2O3/c14-10(15)9-7-13(11(16)12-9)6-8-4-2-1-3-5-8/h1-5,9H,6-7H2,(H,12,16)(H,14,15). The van der Waals surface area contributed by atoms with Crippen LogP contribution in [-0.2, 0) is 11.3 Å². The van der Waals surface area contributed by atoms with Crippen LogP contribution in [-0.4, -0.2) is 34.6 Å². The first kappa shape index (κ1) is 10.5. The molecule has 1 unspecified atom stereocenters. The molecule has 84 valence electrons. The summed E-state index contributed by atoms with van der Waals surface area (Å²) in [7, 11) is 0. The molecular weight excluding hydrogens is 208 g/mol. The molecule has 0 bridgehead atoms. The highest BCUT2D eigenvalue weighted by molar-refractivity contribution is 5.86. The number of carboxylic acid groups (broad SMARTS) is 1. The van der Waals surface area contributed by atoms with E-state index in [4.69, 9.17) is 5.11 Å². The van der Waals surface area contributed by atoms with Crippen molar-refractivity contribution in [1.82, 2.24) is 10.2 Å². The summed E-state index contributed by atoms with van der Waals surface area (Å²) in [5.74, 6) is -0.996. The third-order valence-corrected chi connectivity index (χ3v) is 2.50. The number of carbonyl (C=O) groups excluding carboxylic acids is 1. The molecule has 5 heteroatoms. The number of rotatable bonds is 3. The second kappa shape index (κ2) is 4.22. The van der Waals surface area contributed by atoms with E-state index < -0.39 is 12.0 Å². The number of nitrogens with zero attached hydrogens (tertiary/aromatic N) is 1. The summed E-state index contributed by atoms with van der Waals surface area (Å²) in [5.41, 5.74) is 0.990. The van der Waals surface area contributed by atoms with Gasteiger partial charge in [-0.2, -0.15) is 0 Å². The largest absolute Gasteiger partial charge is 0.480 e. The van der Waals surface area contributed by atoms with E-state index in [1.165, 1.54) is 4.90 Å². The number of hydrogen-bond acceptors (Lipinski definition) is 2. The molecule has 1 aliphatic rings. The average Bonchev–Trinajstić information content (AvgIpc) is 2.62. The Morgan fingerprint density at radius 2 is 2.12 bits per heavy atom. The van der Waals surface area contributed by atoms with Crippen molar-refractivity contribution in [3.63, 3.8) is 0 Å². The molecule has 2 rings (SSSR count). The van der Waals surface area contributed by atoms with Crippen LogP contribution in [0.3, 0.4) is 0 Å². The number of aliphatic carboxylic acids is 1. The Morgan fingerprint density at radius 3 is 2.69 bits per heavy atom. The van der Waals surface area contributed by atoms with Gasteiger partial charge in [-0.1, -0.05) is 30.3 Å². The van der Waals surface area contributed by atoms with Crippen LogP contribution in [0, 0.1) is 0 Å². The van der Waals surface area contributed by atoms with Gasteiger partial charge >= 0.3 is 12.0 Å². The second-order valence-electron chi connectivity index (χ2n) is 3.71. The van der Waals surface area contributed by atoms with Crippen molar-refractivity contribution < 1.29 is 14.7 Å². The fourth-order valence-corrected chi connectivity index (χ4v) is 1.67. The predicted octanol–water partition coefficient (Wildman–Crippen LogP) is 0.665. The van der Waals surface area contributed by atoms with Crippen LogP contribution in [0.25, 0.3) is 0 Å². The molecule has 1 fully saturated rings. The smallest absolute Gasteiger partial charge is 0.328 e. The van der Waals surface area contributed by atoms with Crippen molar-refractivity contribution in [3.05, 3.63) is 35.9 Å². The van der Waals surface area contributed by atoms with Crippen molar-refractivity contribution in [2.45, 2.75) is 12.6 Å². The van der Waals surface area contributed by atoms with Crippen LogP contribution < -0.4 is 5.32 Å². The van der Waals surface area contributed by atoms with E-state index in [2.05, 4.69) is 5.32 Å². The zero-order chi connectivity index (χ0) is 11.5. The number of amides is 2. The molecule has 1 aliphatic heterocycles. The number of urea groups is 1. The Bertz CT molecular complexity index is 405. The van der Waals surface area contributed by atoms with Gasteiger partial charge in [-0.15, -0.1) is 0 Å². The fraction of sp³-hybridized carbons (Fsp3) is 0.273. The van der Waals surface area contributed by atoms with Crippen molar-refractivity contribution in [2.75, 3.05) is 6.54 Å². The molecule has 0 saturated carbocycles. The van der Waals surface area contributed by atoms with Gasteiger partial charge in [0.05, 0.1) is 6.54 Å². The third-order valence-electron chi connectivity index (χ3n) is 2.50. The Kier molecular flexibility index (Phi) is 2.76. The molecule has 1 aromatic rings. The highest BCUT2D eigenvalue weighted by atomic mass is 16.4. The van der Waals surface area contributed by atoms with Gasteiger partial charge in [-0.25, -0.2) is 9.59 Å². The van der Waals surface area contributed by atoms with Crippen LogP contribution >= 0.6 is 0 Å². The van der Waals surface area contributed by atoms with E-state index in [1.54, 1.807) is 0 Å². The van der Waals surface area contributed by atoms with Crippen LogP contribution in [0.4, 0.5) is 4.79 Å². The lowest BCUT2D eigenvalue weighted by Crippen LogP contribution is -2.33. The van der Waals surface area contributed by atoms with Gasteiger partial charge in [0, 0.05) is 6.54 Å². The maximum absolute atomic E-state index is 11.4. The van der Waals surface area contributed by atoms with Gasteiger partial charge in [0.1, 0.15) is 6.04 Å². The number of carbonyl (C=O) groups is 2. The van der Waals surface area contributed by atoms with Crippen LogP contribution in [0.2, 0.25) is 0 Å². The van der Waals surface area contributed by atoms with Gasteiger partial charge < -0.3 is 15.3 Å². The molecule has 5 nitrogen and oxygen atoms in total. The summed E-state index contributed by atoms with van der Waals surface area (Å²) in [5, 5.41) is 11.2. The number of nitrogens with one attached hydrogen (secondary N) is 1. The number of carboxylic acids is 1. The van der Waals surface area contributed by atoms with Gasteiger partial charge in [0.25, 0.3) is 0 Å². The van der Waals surface area contributed by atoms with E-state index in [0.29, 0.717) is 6.54 Å². The van der Waals surface area contributed by atoms with Gasteiger partial charge in [-0.05, 0) is 5.56 Å². The first-order chi connectivity index (χ1) is 7.66. The molecule has 0 spiro atoms. The summed E-state index contributed by atoms with van der Waals surface area (Å²) in [6.07, 6.45) is 0. The second-order valence-corrected chi connectivity index (χ2v) is 3.71. The molecule has 0 radical (unpaired) electrons.